The zero-order valence-electron chi connectivity index (χ0n) is 6.73. The van der Waals surface area contributed by atoms with Crippen LogP contribution in [0.3, 0.4) is 0 Å². The van der Waals surface area contributed by atoms with Crippen molar-refractivity contribution in [3.05, 3.63) is 22.7 Å². The Balaban J connectivity index is 3.24. The number of halogens is 4. The van der Waals surface area contributed by atoms with Gasteiger partial charge in [0.25, 0.3) is 0 Å². The maximum absolute atomic E-state index is 12.4. The first-order valence-electron chi connectivity index (χ1n) is 3.48. The number of hydrogen-bond acceptors (Lipinski definition) is 1. The van der Waals surface area contributed by atoms with Gasteiger partial charge in [0.15, 0.2) is 0 Å². The predicted octanol–water partition coefficient (Wildman–Crippen LogP) is 2.51. The summed E-state index contributed by atoms with van der Waals surface area (Å²) in [4.78, 5) is 0. The van der Waals surface area contributed by atoms with Gasteiger partial charge in [-0.25, -0.2) is 0 Å². The molecule has 0 amide bonds. The van der Waals surface area contributed by atoms with Crippen molar-refractivity contribution in [1.29, 1.82) is 0 Å². The number of benzene rings is 1. The van der Waals surface area contributed by atoms with Crippen LogP contribution in [-0.4, -0.2) is 14.1 Å². The molecule has 1 aromatic rings. The molecule has 13 heavy (non-hydrogen) atoms. The molecule has 0 unspecified atom stereocenters. The molecule has 0 aliphatic carbocycles. The van der Waals surface area contributed by atoms with Gasteiger partial charge in [-0.3, -0.25) is 0 Å². The minimum absolute atomic E-state index is 0.143. The van der Waals surface area contributed by atoms with E-state index in [0.29, 0.717) is 4.47 Å². The quantitative estimate of drug-likeness (QED) is 0.736. The van der Waals surface area contributed by atoms with E-state index in [1.807, 2.05) is 0 Å². The van der Waals surface area contributed by atoms with Crippen molar-refractivity contribution in [3.63, 3.8) is 0 Å². The van der Waals surface area contributed by atoms with E-state index in [9.17, 15) is 12.9 Å². The van der Waals surface area contributed by atoms with Crippen LogP contribution in [0, 0.1) is 0 Å². The van der Waals surface area contributed by atoms with Crippen LogP contribution in [0.15, 0.2) is 22.7 Å². The van der Waals surface area contributed by atoms with Crippen molar-refractivity contribution in [2.45, 2.75) is 0 Å². The lowest BCUT2D eigenvalue weighted by Crippen LogP contribution is -2.35. The molecule has 0 aliphatic heterocycles. The normalized spacial score (nSPS) is 11.5. The van der Waals surface area contributed by atoms with E-state index < -0.39 is 12.4 Å². The molecule has 0 aromatic heterocycles. The van der Waals surface area contributed by atoms with E-state index in [1.165, 1.54) is 19.2 Å². The first-order chi connectivity index (χ1) is 5.95. The lowest BCUT2D eigenvalue weighted by atomic mass is 9.79. The maximum Gasteiger partial charge on any atom is 0.513 e. The maximum atomic E-state index is 12.4. The molecule has 0 fully saturated rings. The van der Waals surface area contributed by atoms with Gasteiger partial charge in [-0.1, -0.05) is 27.5 Å². The molecule has 0 atom stereocenters. The second kappa shape index (κ2) is 3.61. The topological polar surface area (TPSA) is 9.23 Å². The SMILES string of the molecule is COc1ccc(Br)cc1[B-](F)(F)F. The van der Waals surface area contributed by atoms with Crippen LogP contribution in [0.25, 0.3) is 0 Å². The summed E-state index contributed by atoms with van der Waals surface area (Å²) in [5.74, 6) is -0.143. The third-order valence-electron chi connectivity index (χ3n) is 1.54. The Morgan fingerprint density at radius 2 is 1.92 bits per heavy atom. The summed E-state index contributed by atoms with van der Waals surface area (Å²) in [6.07, 6.45) is 0. The highest BCUT2D eigenvalue weighted by molar-refractivity contribution is 9.10. The third-order valence-corrected chi connectivity index (χ3v) is 2.04. The van der Waals surface area contributed by atoms with Crippen LogP contribution in [0.5, 0.6) is 5.75 Å². The zero-order chi connectivity index (χ0) is 10.1. The van der Waals surface area contributed by atoms with Crippen molar-refractivity contribution >= 4 is 28.4 Å². The van der Waals surface area contributed by atoms with Gasteiger partial charge in [-0.05, 0) is 12.1 Å². The molecular weight excluding hydrogens is 248 g/mol. The first kappa shape index (κ1) is 10.4. The second-order valence-electron chi connectivity index (χ2n) is 2.46. The van der Waals surface area contributed by atoms with Gasteiger partial charge in [0.2, 0.25) is 0 Å². The molecule has 0 saturated heterocycles. The van der Waals surface area contributed by atoms with Gasteiger partial charge in [0.05, 0.1) is 12.9 Å². The van der Waals surface area contributed by atoms with Crippen molar-refractivity contribution < 1.29 is 17.7 Å². The number of ether oxygens (including phenoxy) is 1. The van der Waals surface area contributed by atoms with E-state index in [4.69, 9.17) is 0 Å². The molecule has 1 rings (SSSR count). The van der Waals surface area contributed by atoms with Crippen LogP contribution in [0.4, 0.5) is 12.9 Å². The molecule has 0 N–H and O–H groups in total. The Hall–Kier alpha value is -0.645. The molecule has 0 aliphatic rings. The highest BCUT2D eigenvalue weighted by Crippen LogP contribution is 2.20. The average Bonchev–Trinajstić information content (AvgIpc) is 2.03. The largest absolute Gasteiger partial charge is 0.513 e. The Morgan fingerprint density at radius 3 is 2.38 bits per heavy atom. The summed E-state index contributed by atoms with van der Waals surface area (Å²) in [6, 6.07) is 3.80. The molecule has 0 spiro atoms. The van der Waals surface area contributed by atoms with Crippen LogP contribution in [0.1, 0.15) is 0 Å². The summed E-state index contributed by atoms with van der Waals surface area (Å²) >= 11 is 2.97. The molecule has 0 saturated carbocycles. The summed E-state index contributed by atoms with van der Waals surface area (Å²) in [5.41, 5.74) is -0.711. The molecule has 6 heteroatoms. The van der Waals surface area contributed by atoms with Gasteiger partial charge in [0.1, 0.15) is 0 Å². The number of methoxy groups -OCH3 is 1. The highest BCUT2D eigenvalue weighted by Gasteiger charge is 2.29. The Labute approximate surface area is 82.1 Å². The average molecular weight is 254 g/mol. The molecule has 0 radical (unpaired) electrons. The van der Waals surface area contributed by atoms with Crippen molar-refractivity contribution in [2.24, 2.45) is 0 Å². The number of hydrogen-bond donors (Lipinski definition) is 0. The molecule has 1 aromatic carbocycles. The van der Waals surface area contributed by atoms with E-state index in [-0.39, 0.29) is 5.75 Å². The van der Waals surface area contributed by atoms with Gasteiger partial charge >= 0.3 is 6.98 Å². The van der Waals surface area contributed by atoms with Crippen LogP contribution >= 0.6 is 15.9 Å². The molecular formula is C7H6BBrF3O-. The first-order valence-corrected chi connectivity index (χ1v) is 4.28. The Morgan fingerprint density at radius 1 is 1.31 bits per heavy atom. The van der Waals surface area contributed by atoms with Gasteiger partial charge in [0, 0.05) is 4.47 Å². The summed E-state index contributed by atoms with van der Waals surface area (Å²) in [6.45, 7) is -5.01. The summed E-state index contributed by atoms with van der Waals surface area (Å²) < 4.78 is 42.1. The van der Waals surface area contributed by atoms with Crippen molar-refractivity contribution in [2.75, 3.05) is 7.11 Å². The fourth-order valence-electron chi connectivity index (χ4n) is 0.961. The van der Waals surface area contributed by atoms with Gasteiger partial charge in [-0.15, -0.1) is 0 Å². The number of rotatable bonds is 2. The standard InChI is InChI=1S/C7H6BBrF3O/c1-13-7-3-2-5(9)4-6(7)8(10,11)12/h2-4H,1H3/q-1. The molecule has 0 bridgehead atoms. The minimum Gasteiger partial charge on any atom is -0.500 e. The predicted molar refractivity (Wildman–Crippen MR) is 49.4 cm³/mol. The third kappa shape index (κ3) is 2.40. The fourth-order valence-corrected chi connectivity index (χ4v) is 1.34. The van der Waals surface area contributed by atoms with Crippen LogP contribution in [-0.2, 0) is 0 Å². The Bertz CT molecular complexity index is 313. The van der Waals surface area contributed by atoms with E-state index >= 15 is 0 Å². The lowest BCUT2D eigenvalue weighted by molar-refractivity contribution is 0.412. The molecule has 0 heterocycles. The molecule has 1 nitrogen and oxygen atoms in total. The summed E-state index contributed by atoms with van der Waals surface area (Å²) in [7, 11) is 1.22. The molecule has 72 valence electrons. The van der Waals surface area contributed by atoms with Crippen LogP contribution < -0.4 is 10.2 Å². The van der Waals surface area contributed by atoms with Crippen LogP contribution in [0.2, 0.25) is 0 Å². The van der Waals surface area contributed by atoms with E-state index in [2.05, 4.69) is 20.7 Å². The fraction of sp³-hybridized carbons (Fsp3) is 0.143. The Kier molecular flexibility index (Phi) is 2.90. The lowest BCUT2D eigenvalue weighted by Gasteiger charge is -2.18. The van der Waals surface area contributed by atoms with E-state index in [0.717, 1.165) is 6.07 Å². The zero-order valence-corrected chi connectivity index (χ0v) is 8.32. The van der Waals surface area contributed by atoms with Crippen molar-refractivity contribution in [1.82, 2.24) is 0 Å². The van der Waals surface area contributed by atoms with E-state index in [1.54, 1.807) is 0 Å². The highest BCUT2D eigenvalue weighted by atomic mass is 79.9. The smallest absolute Gasteiger partial charge is 0.500 e. The minimum atomic E-state index is -5.01. The van der Waals surface area contributed by atoms with Crippen molar-refractivity contribution in [3.8, 4) is 5.75 Å². The van der Waals surface area contributed by atoms with Gasteiger partial charge < -0.3 is 17.7 Å². The monoisotopic (exact) mass is 253 g/mol. The second-order valence-corrected chi connectivity index (χ2v) is 3.38. The van der Waals surface area contributed by atoms with Gasteiger partial charge in [-0.2, -0.15) is 0 Å². The summed E-state index contributed by atoms with van der Waals surface area (Å²) in [5, 5.41) is 0.